The molecule has 1 aliphatic heterocycles. The van der Waals surface area contributed by atoms with Crippen molar-refractivity contribution in [2.24, 2.45) is 0 Å². The van der Waals surface area contributed by atoms with Gasteiger partial charge in [0.2, 0.25) is 0 Å². The Kier molecular flexibility index (Phi) is 2.46. The van der Waals surface area contributed by atoms with Crippen LogP contribution >= 0.6 is 15.9 Å². The normalized spacial score (nSPS) is 19.3. The third kappa shape index (κ3) is 1.75. The van der Waals surface area contributed by atoms with Crippen LogP contribution in [0.4, 0.5) is 5.69 Å². The summed E-state index contributed by atoms with van der Waals surface area (Å²) in [6.07, 6.45) is 0. The fraction of sp³-hybridized carbons (Fsp3) is 0.300. The van der Waals surface area contributed by atoms with Crippen molar-refractivity contribution in [2.75, 3.05) is 18.6 Å². The number of benzene rings is 1. The van der Waals surface area contributed by atoms with E-state index in [-0.39, 0.29) is 12.0 Å². The largest absolute Gasteiger partial charge is 0.467 e. The average molecular weight is 256 g/mol. The third-order valence-electron chi connectivity index (χ3n) is 2.24. The minimum Gasteiger partial charge on any atom is -0.467 e. The molecule has 1 aromatic carbocycles. The van der Waals surface area contributed by atoms with Gasteiger partial charge in [0.15, 0.2) is 0 Å². The summed E-state index contributed by atoms with van der Waals surface area (Å²) in [4.78, 5) is 13.1. The van der Waals surface area contributed by atoms with E-state index < -0.39 is 0 Å². The van der Waals surface area contributed by atoms with Crippen LogP contribution in [0.2, 0.25) is 0 Å². The van der Waals surface area contributed by atoms with Crippen LogP contribution in [0.25, 0.3) is 0 Å². The lowest BCUT2D eigenvalue weighted by molar-refractivity contribution is -0.139. The Balaban J connectivity index is 2.06. The molecule has 14 heavy (non-hydrogen) atoms. The molecule has 1 aliphatic rings. The van der Waals surface area contributed by atoms with Gasteiger partial charge in [0, 0.05) is 10.2 Å². The quantitative estimate of drug-likeness (QED) is 0.597. The van der Waals surface area contributed by atoms with Gasteiger partial charge in [-0.25, -0.2) is 4.79 Å². The SMILES string of the molecule is COC(=O)[C@H]1CN1c1ccc(Br)cc1. The van der Waals surface area contributed by atoms with Gasteiger partial charge in [0.1, 0.15) is 6.04 Å². The van der Waals surface area contributed by atoms with Crippen molar-refractivity contribution < 1.29 is 9.53 Å². The van der Waals surface area contributed by atoms with Gasteiger partial charge in [-0.1, -0.05) is 15.9 Å². The van der Waals surface area contributed by atoms with Crippen molar-refractivity contribution in [3.05, 3.63) is 28.7 Å². The number of carbonyl (C=O) groups excluding carboxylic acids is 1. The van der Waals surface area contributed by atoms with Crippen LogP contribution in [-0.4, -0.2) is 25.7 Å². The molecule has 0 amide bonds. The molecule has 74 valence electrons. The van der Waals surface area contributed by atoms with Crippen LogP contribution in [0.5, 0.6) is 0 Å². The lowest BCUT2D eigenvalue weighted by Gasteiger charge is -2.04. The van der Waals surface area contributed by atoms with E-state index in [0.29, 0.717) is 0 Å². The van der Waals surface area contributed by atoms with Crippen molar-refractivity contribution in [1.29, 1.82) is 0 Å². The molecule has 0 N–H and O–H groups in total. The van der Waals surface area contributed by atoms with Crippen LogP contribution < -0.4 is 4.90 Å². The van der Waals surface area contributed by atoms with Gasteiger partial charge in [-0.05, 0) is 24.3 Å². The summed E-state index contributed by atoms with van der Waals surface area (Å²) < 4.78 is 5.70. The highest BCUT2D eigenvalue weighted by Gasteiger charge is 2.41. The standard InChI is InChI=1S/C10H10BrNO2/c1-14-10(13)9-6-12(9)8-4-2-7(11)3-5-8/h2-5,9H,6H2,1H3/t9-,12?/m1/s1. The highest BCUT2D eigenvalue weighted by Crippen LogP contribution is 2.29. The second kappa shape index (κ2) is 3.61. The molecule has 2 rings (SSSR count). The monoisotopic (exact) mass is 255 g/mol. The molecular weight excluding hydrogens is 246 g/mol. The lowest BCUT2D eigenvalue weighted by Crippen LogP contribution is -2.13. The molecule has 0 saturated carbocycles. The van der Waals surface area contributed by atoms with Gasteiger partial charge in [-0.3, -0.25) is 0 Å². The average Bonchev–Trinajstić information content (AvgIpc) is 2.98. The molecule has 1 aromatic rings. The zero-order valence-electron chi connectivity index (χ0n) is 7.74. The molecule has 0 aliphatic carbocycles. The molecule has 1 atom stereocenters. The Labute approximate surface area is 90.8 Å². The zero-order chi connectivity index (χ0) is 10.1. The minimum absolute atomic E-state index is 0.0822. The van der Waals surface area contributed by atoms with E-state index in [9.17, 15) is 4.79 Å². The number of halogens is 1. The summed E-state index contributed by atoms with van der Waals surface area (Å²) in [5.41, 5.74) is 1.06. The van der Waals surface area contributed by atoms with E-state index >= 15 is 0 Å². The second-order valence-electron chi connectivity index (χ2n) is 3.17. The highest BCUT2D eigenvalue weighted by atomic mass is 79.9. The Morgan fingerprint density at radius 2 is 2.14 bits per heavy atom. The van der Waals surface area contributed by atoms with Gasteiger partial charge in [0.05, 0.1) is 13.7 Å². The van der Waals surface area contributed by atoms with E-state index in [1.54, 1.807) is 0 Å². The summed E-state index contributed by atoms with van der Waals surface area (Å²) in [6.45, 7) is 0.758. The molecule has 3 nitrogen and oxygen atoms in total. The maximum atomic E-state index is 11.2. The first-order valence-electron chi connectivity index (χ1n) is 4.32. The minimum atomic E-state index is -0.159. The summed E-state index contributed by atoms with van der Waals surface area (Å²) in [5.74, 6) is -0.159. The number of hydrogen-bond donors (Lipinski definition) is 0. The summed E-state index contributed by atoms with van der Waals surface area (Å²) in [5, 5.41) is 0. The van der Waals surface area contributed by atoms with E-state index in [0.717, 1.165) is 16.7 Å². The molecule has 0 spiro atoms. The maximum absolute atomic E-state index is 11.2. The van der Waals surface area contributed by atoms with E-state index in [4.69, 9.17) is 0 Å². The molecule has 0 aromatic heterocycles. The summed E-state index contributed by atoms with van der Waals surface area (Å²) in [7, 11) is 1.42. The molecule has 0 radical (unpaired) electrons. The van der Waals surface area contributed by atoms with Crippen molar-refractivity contribution in [2.45, 2.75) is 6.04 Å². The van der Waals surface area contributed by atoms with Gasteiger partial charge in [-0.15, -0.1) is 0 Å². The lowest BCUT2D eigenvalue weighted by atomic mass is 10.3. The molecule has 0 unspecified atom stereocenters. The number of rotatable bonds is 2. The molecule has 0 bridgehead atoms. The van der Waals surface area contributed by atoms with Gasteiger partial charge in [-0.2, -0.15) is 0 Å². The predicted octanol–water partition coefficient (Wildman–Crippen LogP) is 1.81. The smallest absolute Gasteiger partial charge is 0.330 e. The van der Waals surface area contributed by atoms with Crippen LogP contribution in [-0.2, 0) is 9.53 Å². The van der Waals surface area contributed by atoms with Crippen molar-refractivity contribution in [1.82, 2.24) is 0 Å². The molecule has 1 heterocycles. The first-order valence-corrected chi connectivity index (χ1v) is 5.11. The molecular formula is C10H10BrNO2. The number of esters is 1. The fourth-order valence-corrected chi connectivity index (χ4v) is 1.66. The number of carbonyl (C=O) groups is 1. The highest BCUT2D eigenvalue weighted by molar-refractivity contribution is 9.10. The Bertz CT molecular complexity index is 350. The van der Waals surface area contributed by atoms with E-state index in [2.05, 4.69) is 20.7 Å². The zero-order valence-corrected chi connectivity index (χ0v) is 9.32. The van der Waals surface area contributed by atoms with E-state index in [1.165, 1.54) is 7.11 Å². The Morgan fingerprint density at radius 3 is 2.71 bits per heavy atom. The number of hydrogen-bond acceptors (Lipinski definition) is 3. The van der Waals surface area contributed by atoms with Crippen molar-refractivity contribution in [3.8, 4) is 0 Å². The first kappa shape index (κ1) is 9.52. The molecule has 1 fully saturated rings. The van der Waals surface area contributed by atoms with Gasteiger partial charge in [0.25, 0.3) is 0 Å². The Hall–Kier alpha value is -1.03. The summed E-state index contributed by atoms with van der Waals surface area (Å²) >= 11 is 3.36. The number of methoxy groups -OCH3 is 1. The van der Waals surface area contributed by atoms with Crippen LogP contribution in [0.3, 0.4) is 0 Å². The van der Waals surface area contributed by atoms with Crippen LogP contribution in [0, 0.1) is 0 Å². The van der Waals surface area contributed by atoms with Gasteiger partial charge >= 0.3 is 5.97 Å². The number of nitrogens with zero attached hydrogens (tertiary/aromatic N) is 1. The fourth-order valence-electron chi connectivity index (χ4n) is 1.39. The predicted molar refractivity (Wildman–Crippen MR) is 57.3 cm³/mol. The number of anilines is 1. The number of ether oxygens (including phenoxy) is 1. The molecule has 4 heteroatoms. The second-order valence-corrected chi connectivity index (χ2v) is 4.08. The molecule has 1 saturated heterocycles. The maximum Gasteiger partial charge on any atom is 0.330 e. The van der Waals surface area contributed by atoms with Crippen molar-refractivity contribution in [3.63, 3.8) is 0 Å². The van der Waals surface area contributed by atoms with Gasteiger partial charge < -0.3 is 9.64 Å². The third-order valence-corrected chi connectivity index (χ3v) is 2.77. The van der Waals surface area contributed by atoms with Crippen LogP contribution in [0.1, 0.15) is 0 Å². The Morgan fingerprint density at radius 1 is 1.50 bits per heavy atom. The first-order chi connectivity index (χ1) is 6.72. The topological polar surface area (TPSA) is 29.3 Å². The van der Waals surface area contributed by atoms with Crippen LogP contribution in [0.15, 0.2) is 28.7 Å². The summed E-state index contributed by atoms with van der Waals surface area (Å²) in [6, 6.07) is 7.80. The van der Waals surface area contributed by atoms with Crippen molar-refractivity contribution >= 4 is 27.6 Å². The van der Waals surface area contributed by atoms with E-state index in [1.807, 2.05) is 29.2 Å².